The van der Waals surface area contributed by atoms with Gasteiger partial charge in [-0.3, -0.25) is 10.1 Å². The van der Waals surface area contributed by atoms with Gasteiger partial charge >= 0.3 is 12.2 Å². The van der Waals surface area contributed by atoms with Crippen LogP contribution in [0, 0.1) is 5.82 Å². The molecule has 232 valence electrons. The fourth-order valence-electron chi connectivity index (χ4n) is 4.00. The van der Waals surface area contributed by atoms with Crippen molar-refractivity contribution in [2.45, 2.75) is 57.8 Å². The predicted octanol–water partition coefficient (Wildman–Crippen LogP) is 8.23. The van der Waals surface area contributed by atoms with Gasteiger partial charge in [0.25, 0.3) is 5.91 Å². The van der Waals surface area contributed by atoms with E-state index in [-0.39, 0.29) is 27.8 Å². The van der Waals surface area contributed by atoms with Crippen LogP contribution in [0.2, 0.25) is 0 Å². The number of rotatable bonds is 5. The van der Waals surface area contributed by atoms with Gasteiger partial charge in [-0.05, 0) is 95.1 Å². The van der Waals surface area contributed by atoms with Crippen molar-refractivity contribution in [1.82, 2.24) is 0 Å². The summed E-state index contributed by atoms with van der Waals surface area (Å²) in [7, 11) is -3.28. The standard InChI is InChI=1S/C32H34FN3O7S/c1-31(2,3)42-29(38)35-24-14-10-20(19-8-12-23(33)13-9-19)17-25(24)34-28(37)21-11-15-26-22(16-21)18-27(41-26)44(7,40)36-30(39)43-32(4,5)6/h8-18H,1-7H3,(H,34,37)(H,35,38). The van der Waals surface area contributed by atoms with Gasteiger partial charge in [-0.1, -0.05) is 18.2 Å². The number of nitrogens with zero attached hydrogens (tertiary/aromatic N) is 1. The Kier molecular flexibility index (Phi) is 8.87. The summed E-state index contributed by atoms with van der Waals surface area (Å²) in [6, 6.07) is 16.9. The minimum Gasteiger partial charge on any atom is -0.446 e. The summed E-state index contributed by atoms with van der Waals surface area (Å²) in [4.78, 5) is 38.1. The van der Waals surface area contributed by atoms with E-state index in [1.165, 1.54) is 42.7 Å². The first-order valence-corrected chi connectivity index (χ1v) is 15.5. The van der Waals surface area contributed by atoms with E-state index in [0.717, 1.165) is 0 Å². The van der Waals surface area contributed by atoms with Crippen molar-refractivity contribution >= 4 is 50.2 Å². The predicted molar refractivity (Wildman–Crippen MR) is 167 cm³/mol. The minimum atomic E-state index is -3.28. The topological polar surface area (TPSA) is 136 Å². The van der Waals surface area contributed by atoms with E-state index >= 15 is 0 Å². The third-order valence-electron chi connectivity index (χ3n) is 5.85. The molecule has 0 saturated heterocycles. The fraction of sp³-hybridized carbons (Fsp3) is 0.281. The summed E-state index contributed by atoms with van der Waals surface area (Å²) in [5.41, 5.74) is 0.899. The van der Waals surface area contributed by atoms with Crippen molar-refractivity contribution in [3.05, 3.63) is 78.1 Å². The molecule has 0 aliphatic heterocycles. The van der Waals surface area contributed by atoms with Gasteiger partial charge in [-0.15, -0.1) is 4.36 Å². The summed E-state index contributed by atoms with van der Waals surface area (Å²) in [5.74, 6) is -0.908. The Balaban J connectivity index is 1.65. The Hall–Kier alpha value is -4.71. The Bertz CT molecular complexity index is 1860. The number of carbonyl (C=O) groups excluding carboxylic acids is 3. The van der Waals surface area contributed by atoms with Crippen molar-refractivity contribution in [2.24, 2.45) is 4.36 Å². The van der Waals surface area contributed by atoms with E-state index in [1.807, 2.05) is 0 Å². The average Bonchev–Trinajstić information content (AvgIpc) is 3.32. The van der Waals surface area contributed by atoms with E-state index in [9.17, 15) is 23.0 Å². The van der Waals surface area contributed by atoms with E-state index in [0.29, 0.717) is 22.1 Å². The molecule has 1 atom stereocenters. The zero-order chi connectivity index (χ0) is 32.4. The van der Waals surface area contributed by atoms with Gasteiger partial charge in [0.1, 0.15) is 32.3 Å². The maximum absolute atomic E-state index is 13.5. The Morgan fingerprint density at radius 2 is 1.43 bits per heavy atom. The maximum atomic E-state index is 13.5. The summed E-state index contributed by atoms with van der Waals surface area (Å²) in [5, 5.41) is 5.88. The SMILES string of the molecule is CC(C)(C)OC(=O)N=S(C)(=O)c1cc2cc(C(=O)Nc3cc(-c4ccc(F)cc4)ccc3NC(=O)OC(C)(C)C)ccc2o1. The molecule has 0 fully saturated rings. The van der Waals surface area contributed by atoms with Gasteiger partial charge in [0, 0.05) is 23.3 Å². The lowest BCUT2D eigenvalue weighted by atomic mass is 10.0. The van der Waals surface area contributed by atoms with Crippen LogP contribution < -0.4 is 10.6 Å². The van der Waals surface area contributed by atoms with Gasteiger partial charge in [-0.2, -0.15) is 0 Å². The second kappa shape index (κ2) is 12.1. The van der Waals surface area contributed by atoms with Crippen LogP contribution in [0.3, 0.4) is 0 Å². The molecule has 0 radical (unpaired) electrons. The second-order valence-electron chi connectivity index (χ2n) is 12.0. The highest BCUT2D eigenvalue weighted by Crippen LogP contribution is 2.31. The molecule has 3 amide bonds. The lowest BCUT2D eigenvalue weighted by Crippen LogP contribution is -2.27. The van der Waals surface area contributed by atoms with Crippen molar-refractivity contribution in [3.63, 3.8) is 0 Å². The number of nitrogens with one attached hydrogen (secondary N) is 2. The molecule has 4 rings (SSSR count). The molecule has 12 heteroatoms. The van der Waals surface area contributed by atoms with Crippen molar-refractivity contribution < 1.29 is 36.9 Å². The molecule has 2 N–H and O–H groups in total. The maximum Gasteiger partial charge on any atom is 0.442 e. The summed E-state index contributed by atoms with van der Waals surface area (Å²) in [6.07, 6.45) is -0.436. The van der Waals surface area contributed by atoms with Crippen molar-refractivity contribution in [1.29, 1.82) is 0 Å². The number of amides is 3. The third-order valence-corrected chi connectivity index (χ3v) is 7.30. The highest BCUT2D eigenvalue weighted by atomic mass is 32.2. The molecule has 44 heavy (non-hydrogen) atoms. The molecule has 10 nitrogen and oxygen atoms in total. The summed E-state index contributed by atoms with van der Waals surface area (Å²) in [6.45, 7) is 10.2. The van der Waals surface area contributed by atoms with Crippen LogP contribution in [0.25, 0.3) is 22.1 Å². The van der Waals surface area contributed by atoms with Crippen LogP contribution in [0.5, 0.6) is 0 Å². The first kappa shape index (κ1) is 32.2. The zero-order valence-electron chi connectivity index (χ0n) is 25.4. The van der Waals surface area contributed by atoms with Crippen LogP contribution >= 0.6 is 0 Å². The Labute approximate surface area is 255 Å². The molecule has 1 aromatic heterocycles. The first-order valence-electron chi connectivity index (χ1n) is 13.6. The van der Waals surface area contributed by atoms with E-state index in [1.54, 1.807) is 71.9 Å². The fourth-order valence-corrected chi connectivity index (χ4v) is 5.00. The minimum absolute atomic E-state index is 0.0493. The molecule has 0 spiro atoms. The third kappa shape index (κ3) is 8.44. The molecular weight excluding hydrogens is 589 g/mol. The number of halogens is 1. The summed E-state index contributed by atoms with van der Waals surface area (Å²) < 4.78 is 46.6. The van der Waals surface area contributed by atoms with Gasteiger partial charge in [0.2, 0.25) is 0 Å². The number of anilines is 2. The van der Waals surface area contributed by atoms with Crippen molar-refractivity contribution in [3.8, 4) is 11.1 Å². The monoisotopic (exact) mass is 623 g/mol. The van der Waals surface area contributed by atoms with Gasteiger partial charge in [-0.25, -0.2) is 18.2 Å². The van der Waals surface area contributed by atoms with Crippen LogP contribution in [-0.2, 0) is 19.2 Å². The van der Waals surface area contributed by atoms with E-state index in [4.69, 9.17) is 13.9 Å². The van der Waals surface area contributed by atoms with Crippen molar-refractivity contribution in [2.75, 3.05) is 16.9 Å². The normalized spacial score (nSPS) is 13.1. The van der Waals surface area contributed by atoms with Gasteiger partial charge < -0.3 is 19.2 Å². The molecule has 4 aromatic rings. The summed E-state index contributed by atoms with van der Waals surface area (Å²) >= 11 is 0. The lowest BCUT2D eigenvalue weighted by molar-refractivity contribution is 0.0603. The molecule has 0 aliphatic carbocycles. The molecule has 1 heterocycles. The molecule has 1 unspecified atom stereocenters. The number of ether oxygens (including phenoxy) is 2. The molecule has 0 aliphatic rings. The van der Waals surface area contributed by atoms with Gasteiger partial charge in [0.05, 0.1) is 11.4 Å². The number of hydrogen-bond acceptors (Lipinski definition) is 7. The van der Waals surface area contributed by atoms with Crippen LogP contribution in [-0.4, -0.2) is 39.8 Å². The smallest absolute Gasteiger partial charge is 0.442 e. The van der Waals surface area contributed by atoms with Crippen LogP contribution in [0.15, 0.2) is 80.6 Å². The first-order chi connectivity index (χ1) is 20.4. The highest BCUT2D eigenvalue weighted by Gasteiger charge is 2.22. The number of furan rings is 1. The van der Waals surface area contributed by atoms with Gasteiger partial charge in [0.15, 0.2) is 5.09 Å². The molecule has 3 aromatic carbocycles. The molecular formula is C32H34FN3O7S. The Morgan fingerprint density at radius 1 is 0.795 bits per heavy atom. The molecule has 0 bridgehead atoms. The van der Waals surface area contributed by atoms with E-state index in [2.05, 4.69) is 15.0 Å². The number of benzene rings is 3. The largest absolute Gasteiger partial charge is 0.446 e. The van der Waals surface area contributed by atoms with Crippen LogP contribution in [0.4, 0.5) is 25.4 Å². The number of hydrogen-bond donors (Lipinski definition) is 2. The number of carbonyl (C=O) groups is 3. The zero-order valence-corrected chi connectivity index (χ0v) is 26.3. The second-order valence-corrected chi connectivity index (χ2v) is 14.2. The lowest BCUT2D eigenvalue weighted by Gasteiger charge is -2.21. The van der Waals surface area contributed by atoms with E-state index < -0.39 is 39.0 Å². The Morgan fingerprint density at radius 3 is 2.07 bits per heavy atom. The molecule has 0 saturated carbocycles. The van der Waals surface area contributed by atoms with Crippen LogP contribution in [0.1, 0.15) is 51.9 Å². The average molecular weight is 624 g/mol. The number of fused-ring (bicyclic) bond motifs is 1. The highest BCUT2D eigenvalue weighted by molar-refractivity contribution is 7.93. The quantitative estimate of drug-likeness (QED) is 0.228.